The van der Waals surface area contributed by atoms with E-state index in [0.717, 1.165) is 0 Å². The van der Waals surface area contributed by atoms with Crippen molar-refractivity contribution in [3.05, 3.63) is 22.4 Å². The van der Waals surface area contributed by atoms with Crippen molar-refractivity contribution in [2.45, 2.75) is 33.2 Å². The van der Waals surface area contributed by atoms with Crippen molar-refractivity contribution in [3.8, 4) is 0 Å². The van der Waals surface area contributed by atoms with E-state index in [1.165, 1.54) is 11.3 Å². The van der Waals surface area contributed by atoms with Gasteiger partial charge in [-0.3, -0.25) is 0 Å². The summed E-state index contributed by atoms with van der Waals surface area (Å²) in [6, 6.07) is 4.82. The van der Waals surface area contributed by atoms with Crippen LogP contribution in [0.25, 0.3) is 0 Å². The minimum atomic E-state index is 0.333. The van der Waals surface area contributed by atoms with E-state index in [4.69, 9.17) is 0 Å². The molecule has 1 nitrogen and oxygen atoms in total. The zero-order valence-corrected chi connectivity index (χ0v) is 9.74. The fourth-order valence-electron chi connectivity index (χ4n) is 1.58. The second-order valence-corrected chi connectivity index (χ2v) is 5.06. The normalized spacial score (nSPS) is 14.5. The van der Waals surface area contributed by atoms with Gasteiger partial charge in [-0.1, -0.05) is 26.8 Å². The Balaban J connectivity index is 2.86. The van der Waals surface area contributed by atoms with Gasteiger partial charge in [0.1, 0.15) is 0 Å². The van der Waals surface area contributed by atoms with E-state index in [9.17, 15) is 0 Å². The lowest BCUT2D eigenvalue weighted by molar-refractivity contribution is 0.249. The molecule has 0 amide bonds. The molecule has 1 unspecified atom stereocenters. The molecule has 0 bridgehead atoms. The van der Waals surface area contributed by atoms with Crippen molar-refractivity contribution < 1.29 is 0 Å². The Kier molecular flexibility index (Phi) is 3.51. The summed E-state index contributed by atoms with van der Waals surface area (Å²) in [6.07, 6.45) is 1.19. The lowest BCUT2D eigenvalue weighted by atomic mass is 9.81. The van der Waals surface area contributed by atoms with Gasteiger partial charge in [0.05, 0.1) is 0 Å². The van der Waals surface area contributed by atoms with Crippen LogP contribution in [0.5, 0.6) is 0 Å². The van der Waals surface area contributed by atoms with Crippen LogP contribution in [0.2, 0.25) is 0 Å². The summed E-state index contributed by atoms with van der Waals surface area (Å²) in [5.74, 6) is 0. The van der Waals surface area contributed by atoms with Crippen molar-refractivity contribution >= 4 is 11.3 Å². The first kappa shape index (κ1) is 10.7. The van der Waals surface area contributed by atoms with E-state index in [1.54, 1.807) is 0 Å². The molecule has 0 saturated heterocycles. The molecule has 1 heterocycles. The van der Waals surface area contributed by atoms with E-state index < -0.39 is 0 Å². The molecule has 0 aliphatic rings. The highest BCUT2D eigenvalue weighted by Crippen LogP contribution is 2.37. The highest BCUT2D eigenvalue weighted by molar-refractivity contribution is 7.10. The predicted molar refractivity (Wildman–Crippen MR) is 60.2 cm³/mol. The molecule has 0 saturated carbocycles. The number of hydrogen-bond acceptors (Lipinski definition) is 2. The molecule has 0 aliphatic heterocycles. The van der Waals surface area contributed by atoms with E-state index in [2.05, 4.69) is 43.6 Å². The largest absolute Gasteiger partial charge is 0.312 e. The Labute approximate surface area is 85.2 Å². The van der Waals surface area contributed by atoms with Gasteiger partial charge in [0.25, 0.3) is 0 Å². The maximum absolute atomic E-state index is 3.41. The quantitative estimate of drug-likeness (QED) is 0.779. The molecule has 0 fully saturated rings. The van der Waals surface area contributed by atoms with E-state index in [-0.39, 0.29) is 0 Å². The van der Waals surface area contributed by atoms with Crippen LogP contribution in [0.3, 0.4) is 0 Å². The maximum atomic E-state index is 3.41. The smallest absolute Gasteiger partial charge is 0.0464 e. The Morgan fingerprint density at radius 3 is 2.62 bits per heavy atom. The summed E-state index contributed by atoms with van der Waals surface area (Å²) in [5.41, 5.74) is 0.333. The Bertz CT molecular complexity index is 239. The van der Waals surface area contributed by atoms with Gasteiger partial charge in [-0.15, -0.1) is 11.3 Å². The molecule has 0 aromatic carbocycles. The lowest BCUT2D eigenvalue weighted by Crippen LogP contribution is -2.30. The fraction of sp³-hybridized carbons (Fsp3) is 0.636. The number of hydrogen-bond donors (Lipinski definition) is 1. The average molecular weight is 197 g/mol. The van der Waals surface area contributed by atoms with Crippen LogP contribution in [-0.2, 0) is 0 Å². The van der Waals surface area contributed by atoms with Gasteiger partial charge in [-0.25, -0.2) is 0 Å². The third-order valence-electron chi connectivity index (χ3n) is 2.81. The van der Waals surface area contributed by atoms with Gasteiger partial charge in [0, 0.05) is 10.9 Å². The molecule has 0 aliphatic carbocycles. The monoisotopic (exact) mass is 197 g/mol. The Morgan fingerprint density at radius 1 is 1.54 bits per heavy atom. The molecule has 0 spiro atoms. The standard InChI is InChI=1S/C11H19NS/c1-5-11(2,3)10(12-4)9-7-6-8-13-9/h6-8,10,12H,5H2,1-4H3. The molecule has 1 aromatic heterocycles. The predicted octanol–water partition coefficient (Wildman–Crippen LogP) is 3.44. The lowest BCUT2D eigenvalue weighted by Gasteiger charge is -2.32. The third kappa shape index (κ3) is 2.32. The Morgan fingerprint density at radius 2 is 2.23 bits per heavy atom. The molecule has 1 atom stereocenters. The molecule has 1 aromatic rings. The van der Waals surface area contributed by atoms with Crippen LogP contribution < -0.4 is 5.32 Å². The van der Waals surface area contributed by atoms with E-state index in [1.807, 2.05) is 18.4 Å². The maximum Gasteiger partial charge on any atom is 0.0464 e. The van der Waals surface area contributed by atoms with Crippen LogP contribution >= 0.6 is 11.3 Å². The third-order valence-corrected chi connectivity index (χ3v) is 3.75. The minimum Gasteiger partial charge on any atom is -0.312 e. The molecule has 1 rings (SSSR count). The highest BCUT2D eigenvalue weighted by atomic mass is 32.1. The molecule has 13 heavy (non-hydrogen) atoms. The van der Waals surface area contributed by atoms with Crippen molar-refractivity contribution in [1.82, 2.24) is 5.32 Å². The van der Waals surface area contributed by atoms with Gasteiger partial charge >= 0.3 is 0 Å². The first-order valence-corrected chi connectivity index (χ1v) is 5.70. The number of nitrogens with one attached hydrogen (secondary N) is 1. The second kappa shape index (κ2) is 4.25. The average Bonchev–Trinajstić information content (AvgIpc) is 2.58. The topological polar surface area (TPSA) is 12.0 Å². The summed E-state index contributed by atoms with van der Waals surface area (Å²) in [7, 11) is 2.04. The van der Waals surface area contributed by atoms with Gasteiger partial charge in [0.15, 0.2) is 0 Å². The molecule has 74 valence electrons. The minimum absolute atomic E-state index is 0.333. The summed E-state index contributed by atoms with van der Waals surface area (Å²) in [4.78, 5) is 1.44. The zero-order valence-electron chi connectivity index (χ0n) is 8.92. The van der Waals surface area contributed by atoms with Crippen molar-refractivity contribution in [2.75, 3.05) is 7.05 Å². The molecule has 2 heteroatoms. The van der Waals surface area contributed by atoms with E-state index in [0.29, 0.717) is 11.5 Å². The van der Waals surface area contributed by atoms with Crippen LogP contribution in [0.4, 0.5) is 0 Å². The molecular weight excluding hydrogens is 178 g/mol. The van der Waals surface area contributed by atoms with Crippen molar-refractivity contribution in [3.63, 3.8) is 0 Å². The molecular formula is C11H19NS. The Hall–Kier alpha value is -0.340. The van der Waals surface area contributed by atoms with Gasteiger partial charge < -0.3 is 5.32 Å². The van der Waals surface area contributed by atoms with Crippen LogP contribution in [0, 0.1) is 5.41 Å². The number of rotatable bonds is 4. The first-order valence-electron chi connectivity index (χ1n) is 4.82. The van der Waals surface area contributed by atoms with Crippen molar-refractivity contribution in [1.29, 1.82) is 0 Å². The summed E-state index contributed by atoms with van der Waals surface area (Å²) in [6.45, 7) is 6.87. The number of thiophene rings is 1. The van der Waals surface area contributed by atoms with Gasteiger partial charge in [-0.2, -0.15) is 0 Å². The SMILES string of the molecule is CCC(C)(C)C(NC)c1cccs1. The van der Waals surface area contributed by atoms with Crippen LogP contribution in [0.15, 0.2) is 17.5 Å². The summed E-state index contributed by atoms with van der Waals surface area (Å²) in [5, 5.41) is 5.55. The summed E-state index contributed by atoms with van der Waals surface area (Å²) < 4.78 is 0. The van der Waals surface area contributed by atoms with Gasteiger partial charge in [0.2, 0.25) is 0 Å². The first-order chi connectivity index (χ1) is 6.11. The van der Waals surface area contributed by atoms with E-state index >= 15 is 0 Å². The zero-order chi connectivity index (χ0) is 9.90. The highest BCUT2D eigenvalue weighted by Gasteiger charge is 2.28. The van der Waals surface area contributed by atoms with Gasteiger partial charge in [-0.05, 0) is 30.3 Å². The molecule has 1 N–H and O–H groups in total. The van der Waals surface area contributed by atoms with Crippen LogP contribution in [-0.4, -0.2) is 7.05 Å². The fourth-order valence-corrected chi connectivity index (χ4v) is 2.62. The second-order valence-electron chi connectivity index (χ2n) is 4.08. The summed E-state index contributed by atoms with van der Waals surface area (Å²) >= 11 is 1.84. The van der Waals surface area contributed by atoms with Crippen LogP contribution in [0.1, 0.15) is 38.1 Å². The van der Waals surface area contributed by atoms with Crippen molar-refractivity contribution in [2.24, 2.45) is 5.41 Å². The molecule has 0 radical (unpaired) electrons.